The number of hydrogen-bond donors (Lipinski definition) is 1. The smallest absolute Gasteiger partial charge is 0.254 e. The van der Waals surface area contributed by atoms with E-state index < -0.39 is 6.04 Å². The second kappa shape index (κ2) is 8.64. The van der Waals surface area contributed by atoms with Gasteiger partial charge in [-0.2, -0.15) is 14.6 Å². The molecule has 0 aromatic carbocycles. The minimum Gasteiger partial charge on any atom is -0.353 e. The number of rotatable bonds is 3. The van der Waals surface area contributed by atoms with Crippen LogP contribution in [0.2, 0.25) is 0 Å². The molecular formula is C15H25Cl2N7O. The largest absolute Gasteiger partial charge is 0.353 e. The molecule has 2 aromatic rings. The second-order valence-corrected chi connectivity index (χ2v) is 6.31. The van der Waals surface area contributed by atoms with Crippen molar-refractivity contribution in [2.45, 2.75) is 26.8 Å². The first kappa shape index (κ1) is 21.4. The van der Waals surface area contributed by atoms with E-state index in [-0.39, 0.29) is 36.6 Å². The lowest BCUT2D eigenvalue weighted by Crippen LogP contribution is -2.54. The first-order valence-electron chi connectivity index (χ1n) is 7.94. The standard InChI is InChI=1S/C15H23N7O.2ClH/c1-10(2)13(16)14(23)21-6-4-20(5-7-21)12-8-11(3)19-15-17-9-18-22(12)15;;/h8-10,13H,4-7,16H2,1-3H3;2*1H/t13-;;/m0../s1. The molecule has 2 N–H and O–H groups in total. The minimum atomic E-state index is -0.424. The van der Waals surface area contributed by atoms with Crippen molar-refractivity contribution >= 4 is 42.3 Å². The summed E-state index contributed by atoms with van der Waals surface area (Å²) in [6, 6.07) is 1.57. The summed E-state index contributed by atoms with van der Waals surface area (Å²) < 4.78 is 1.74. The number of aryl methyl sites for hydroxylation is 1. The molecule has 8 nitrogen and oxygen atoms in total. The van der Waals surface area contributed by atoms with Crippen LogP contribution in [0.4, 0.5) is 5.82 Å². The first-order valence-corrected chi connectivity index (χ1v) is 7.94. The maximum absolute atomic E-state index is 12.4. The molecule has 2 aromatic heterocycles. The maximum Gasteiger partial charge on any atom is 0.254 e. The van der Waals surface area contributed by atoms with Gasteiger partial charge in [0.25, 0.3) is 5.78 Å². The summed E-state index contributed by atoms with van der Waals surface area (Å²) in [7, 11) is 0. The van der Waals surface area contributed by atoms with E-state index in [1.807, 2.05) is 31.7 Å². The average Bonchev–Trinajstić information content (AvgIpc) is 3.01. The third-order valence-corrected chi connectivity index (χ3v) is 4.28. The van der Waals surface area contributed by atoms with E-state index in [1.54, 1.807) is 4.52 Å². The molecule has 140 valence electrons. The molecule has 0 radical (unpaired) electrons. The van der Waals surface area contributed by atoms with Crippen molar-refractivity contribution in [1.82, 2.24) is 24.5 Å². The van der Waals surface area contributed by atoms with E-state index in [0.717, 1.165) is 24.6 Å². The summed E-state index contributed by atoms with van der Waals surface area (Å²) in [6.07, 6.45) is 1.51. The van der Waals surface area contributed by atoms with Crippen LogP contribution >= 0.6 is 24.8 Å². The number of nitrogens with two attached hydrogens (primary N) is 1. The summed E-state index contributed by atoms with van der Waals surface area (Å²) in [5.41, 5.74) is 6.89. The predicted octanol–water partition coefficient (Wildman–Crippen LogP) is 0.908. The van der Waals surface area contributed by atoms with Crippen LogP contribution in [0.15, 0.2) is 12.4 Å². The molecule has 10 heteroatoms. The summed E-state index contributed by atoms with van der Waals surface area (Å²) in [4.78, 5) is 24.9. The monoisotopic (exact) mass is 389 g/mol. The Bertz CT molecular complexity index is 713. The fraction of sp³-hybridized carbons (Fsp3) is 0.600. The van der Waals surface area contributed by atoms with E-state index in [1.165, 1.54) is 6.33 Å². The summed E-state index contributed by atoms with van der Waals surface area (Å²) >= 11 is 0. The van der Waals surface area contributed by atoms with Crippen LogP contribution in [-0.2, 0) is 4.79 Å². The Morgan fingerprint density at radius 1 is 1.20 bits per heavy atom. The average molecular weight is 390 g/mol. The molecule has 3 rings (SSSR count). The van der Waals surface area contributed by atoms with Gasteiger partial charge in [0, 0.05) is 37.9 Å². The molecule has 1 amide bonds. The minimum absolute atomic E-state index is 0. The van der Waals surface area contributed by atoms with Gasteiger partial charge in [-0.1, -0.05) is 13.8 Å². The van der Waals surface area contributed by atoms with Crippen molar-refractivity contribution in [2.75, 3.05) is 31.1 Å². The Morgan fingerprint density at radius 2 is 1.84 bits per heavy atom. The highest BCUT2D eigenvalue weighted by Crippen LogP contribution is 2.18. The van der Waals surface area contributed by atoms with Crippen LogP contribution in [0, 0.1) is 12.8 Å². The van der Waals surface area contributed by atoms with Crippen LogP contribution in [0.5, 0.6) is 0 Å². The Hall–Kier alpha value is -1.64. The number of aromatic nitrogens is 4. The number of carbonyl (C=O) groups is 1. The van der Waals surface area contributed by atoms with Crippen molar-refractivity contribution in [2.24, 2.45) is 11.7 Å². The molecule has 1 fully saturated rings. The Labute approximate surface area is 159 Å². The van der Waals surface area contributed by atoms with Crippen molar-refractivity contribution in [3.05, 3.63) is 18.1 Å². The quantitative estimate of drug-likeness (QED) is 0.838. The normalized spacial score (nSPS) is 15.7. The topological polar surface area (TPSA) is 92.7 Å². The number of amides is 1. The predicted molar refractivity (Wildman–Crippen MR) is 102 cm³/mol. The van der Waals surface area contributed by atoms with Gasteiger partial charge in [0.2, 0.25) is 5.91 Å². The number of nitrogens with zero attached hydrogens (tertiary/aromatic N) is 6. The van der Waals surface area contributed by atoms with Gasteiger partial charge in [-0.15, -0.1) is 24.8 Å². The number of carbonyl (C=O) groups excluding carboxylic acids is 1. The fourth-order valence-corrected chi connectivity index (χ4v) is 2.79. The molecule has 0 bridgehead atoms. The van der Waals surface area contributed by atoms with Gasteiger partial charge in [-0.05, 0) is 12.8 Å². The van der Waals surface area contributed by atoms with Gasteiger partial charge in [0.05, 0.1) is 6.04 Å². The number of fused-ring (bicyclic) bond motifs is 1. The molecule has 0 saturated carbocycles. The van der Waals surface area contributed by atoms with Crippen molar-refractivity contribution < 1.29 is 4.79 Å². The first-order chi connectivity index (χ1) is 11.0. The zero-order chi connectivity index (χ0) is 16.6. The molecule has 25 heavy (non-hydrogen) atoms. The van der Waals surface area contributed by atoms with E-state index in [2.05, 4.69) is 20.0 Å². The zero-order valence-electron chi connectivity index (χ0n) is 14.6. The van der Waals surface area contributed by atoms with Gasteiger partial charge in [0.15, 0.2) is 0 Å². The molecule has 1 saturated heterocycles. The lowest BCUT2D eigenvalue weighted by Gasteiger charge is -2.37. The molecule has 0 spiro atoms. The summed E-state index contributed by atoms with van der Waals surface area (Å²) in [6.45, 7) is 8.71. The van der Waals surface area contributed by atoms with Crippen LogP contribution in [-0.4, -0.2) is 62.6 Å². The molecule has 1 aliphatic rings. The van der Waals surface area contributed by atoms with Gasteiger partial charge >= 0.3 is 0 Å². The lowest BCUT2D eigenvalue weighted by atomic mass is 10.0. The van der Waals surface area contributed by atoms with E-state index in [4.69, 9.17) is 5.73 Å². The number of halogens is 2. The van der Waals surface area contributed by atoms with Gasteiger partial charge in [-0.25, -0.2) is 4.98 Å². The number of anilines is 1. The maximum atomic E-state index is 12.4. The molecule has 3 heterocycles. The van der Waals surface area contributed by atoms with Gasteiger partial charge in [-0.3, -0.25) is 4.79 Å². The molecule has 0 aliphatic carbocycles. The van der Waals surface area contributed by atoms with Crippen LogP contribution < -0.4 is 10.6 Å². The van der Waals surface area contributed by atoms with Gasteiger partial charge in [0.1, 0.15) is 12.1 Å². The van der Waals surface area contributed by atoms with Crippen LogP contribution in [0.1, 0.15) is 19.5 Å². The fourth-order valence-electron chi connectivity index (χ4n) is 2.79. The van der Waals surface area contributed by atoms with Crippen molar-refractivity contribution in [3.8, 4) is 0 Å². The Balaban J connectivity index is 0.00000156. The number of hydrogen-bond acceptors (Lipinski definition) is 6. The molecule has 1 aliphatic heterocycles. The lowest BCUT2D eigenvalue weighted by molar-refractivity contribution is -0.133. The molecule has 1 atom stereocenters. The van der Waals surface area contributed by atoms with Crippen molar-refractivity contribution in [1.29, 1.82) is 0 Å². The highest BCUT2D eigenvalue weighted by atomic mass is 35.5. The summed E-state index contributed by atoms with van der Waals surface area (Å²) in [5, 5.41) is 4.24. The van der Waals surface area contributed by atoms with Crippen molar-refractivity contribution in [3.63, 3.8) is 0 Å². The third kappa shape index (κ3) is 4.31. The zero-order valence-corrected chi connectivity index (χ0v) is 16.3. The molecular weight excluding hydrogens is 365 g/mol. The van der Waals surface area contributed by atoms with E-state index in [0.29, 0.717) is 18.9 Å². The second-order valence-electron chi connectivity index (χ2n) is 6.31. The van der Waals surface area contributed by atoms with E-state index in [9.17, 15) is 4.79 Å². The van der Waals surface area contributed by atoms with E-state index >= 15 is 0 Å². The van der Waals surface area contributed by atoms with Crippen LogP contribution in [0.3, 0.4) is 0 Å². The van der Waals surface area contributed by atoms with Gasteiger partial charge < -0.3 is 15.5 Å². The third-order valence-electron chi connectivity index (χ3n) is 4.28. The van der Waals surface area contributed by atoms with Crippen LogP contribution in [0.25, 0.3) is 5.78 Å². The Kier molecular flexibility index (Phi) is 7.40. The Morgan fingerprint density at radius 3 is 2.44 bits per heavy atom. The number of piperazine rings is 1. The molecule has 0 unspecified atom stereocenters. The summed E-state index contributed by atoms with van der Waals surface area (Å²) in [5.74, 6) is 1.75. The highest BCUT2D eigenvalue weighted by Gasteiger charge is 2.27. The SMILES string of the molecule is Cc1cc(N2CCN(C(=O)[C@@H](N)C(C)C)CC2)n2ncnc2n1.Cl.Cl. The highest BCUT2D eigenvalue weighted by molar-refractivity contribution is 5.85.